The van der Waals surface area contributed by atoms with E-state index in [-0.39, 0.29) is 0 Å². The average Bonchev–Trinajstić information content (AvgIpc) is 2.41. The molecule has 1 heterocycles. The van der Waals surface area contributed by atoms with Gasteiger partial charge in [-0.2, -0.15) is 0 Å². The van der Waals surface area contributed by atoms with Crippen molar-refractivity contribution in [3.63, 3.8) is 0 Å². The normalized spacial score (nSPS) is 10.3. The Kier molecular flexibility index (Phi) is 5.60. The summed E-state index contributed by atoms with van der Waals surface area (Å²) in [6.45, 7) is 11.4. The lowest BCUT2D eigenvalue weighted by Gasteiger charge is -2.25. The van der Waals surface area contributed by atoms with Crippen LogP contribution in [0.2, 0.25) is 0 Å². The third-order valence-corrected chi connectivity index (χ3v) is 3.22. The molecule has 106 valence electrons. The molecule has 1 N–H and O–H groups in total. The molecule has 0 aliphatic carbocycles. The summed E-state index contributed by atoms with van der Waals surface area (Å²) < 4.78 is 0. The van der Waals surface area contributed by atoms with Crippen molar-refractivity contribution < 1.29 is 9.90 Å². The second-order valence-electron chi connectivity index (χ2n) is 4.22. The van der Waals surface area contributed by atoms with Crippen LogP contribution in [0.3, 0.4) is 0 Å². The average molecular weight is 265 g/mol. The summed E-state index contributed by atoms with van der Waals surface area (Å²) in [7, 11) is 0. The first-order chi connectivity index (χ1) is 9.07. The van der Waals surface area contributed by atoms with Crippen LogP contribution in [0.25, 0.3) is 0 Å². The Morgan fingerprint density at radius 3 is 1.63 bits per heavy atom. The van der Waals surface area contributed by atoms with Crippen molar-refractivity contribution in [2.45, 2.75) is 27.7 Å². The number of rotatable bonds is 7. The van der Waals surface area contributed by atoms with Gasteiger partial charge < -0.3 is 14.9 Å². The van der Waals surface area contributed by atoms with Crippen LogP contribution in [-0.4, -0.2) is 42.2 Å². The summed E-state index contributed by atoms with van der Waals surface area (Å²) in [5, 5.41) is 9.22. The number of anilines is 2. The number of hydrogen-bond donors (Lipinski definition) is 1. The molecule has 0 saturated carbocycles. The Bertz CT molecular complexity index is 396. The van der Waals surface area contributed by atoms with Gasteiger partial charge in [-0.3, -0.25) is 0 Å². The first kappa shape index (κ1) is 15.3. The zero-order valence-electron chi connectivity index (χ0n) is 12.2. The second-order valence-corrected chi connectivity index (χ2v) is 4.22. The van der Waals surface area contributed by atoms with Crippen LogP contribution in [0.15, 0.2) is 12.1 Å². The molecule has 19 heavy (non-hydrogen) atoms. The highest BCUT2D eigenvalue weighted by molar-refractivity contribution is 5.89. The van der Waals surface area contributed by atoms with E-state index in [0.29, 0.717) is 5.56 Å². The van der Waals surface area contributed by atoms with E-state index in [1.54, 1.807) is 12.1 Å². The summed E-state index contributed by atoms with van der Waals surface area (Å²) in [6, 6.07) is 3.28. The smallest absolute Gasteiger partial charge is 0.335 e. The molecule has 0 aromatic carbocycles. The fourth-order valence-electron chi connectivity index (χ4n) is 2.04. The third-order valence-electron chi connectivity index (χ3n) is 3.22. The van der Waals surface area contributed by atoms with E-state index in [0.717, 1.165) is 37.8 Å². The standard InChI is InChI=1S/C14H23N3O2/c1-5-16(6-2)12-9-11(14(18)19)10-13(15-12)17(7-3)8-4/h9-10H,5-8H2,1-4H3,(H,18,19). The minimum Gasteiger partial charge on any atom is -0.478 e. The zero-order chi connectivity index (χ0) is 14.4. The maximum absolute atomic E-state index is 11.2. The molecule has 0 aliphatic heterocycles. The van der Waals surface area contributed by atoms with Crippen LogP contribution < -0.4 is 9.80 Å². The number of carboxylic acid groups (broad SMARTS) is 1. The first-order valence-corrected chi connectivity index (χ1v) is 6.82. The predicted molar refractivity (Wildman–Crippen MR) is 78.3 cm³/mol. The summed E-state index contributed by atoms with van der Waals surface area (Å²) in [6.07, 6.45) is 0. The molecular formula is C14H23N3O2. The molecule has 0 bridgehead atoms. The molecule has 0 amide bonds. The van der Waals surface area contributed by atoms with Gasteiger partial charge in [0.05, 0.1) is 5.56 Å². The van der Waals surface area contributed by atoms with Crippen molar-refractivity contribution in [2.75, 3.05) is 36.0 Å². The molecule has 0 aliphatic rings. The van der Waals surface area contributed by atoms with Crippen LogP contribution in [0.5, 0.6) is 0 Å². The Morgan fingerprint density at radius 1 is 1.00 bits per heavy atom. The Hall–Kier alpha value is -1.78. The van der Waals surface area contributed by atoms with E-state index in [1.165, 1.54) is 0 Å². The number of nitrogens with zero attached hydrogens (tertiary/aromatic N) is 3. The van der Waals surface area contributed by atoms with E-state index in [1.807, 2.05) is 27.7 Å². The summed E-state index contributed by atoms with van der Waals surface area (Å²) in [5.74, 6) is 0.544. The maximum atomic E-state index is 11.2. The van der Waals surface area contributed by atoms with E-state index >= 15 is 0 Å². The molecule has 0 saturated heterocycles. The monoisotopic (exact) mass is 265 g/mol. The van der Waals surface area contributed by atoms with Gasteiger partial charge in [-0.05, 0) is 39.8 Å². The molecule has 1 rings (SSSR count). The summed E-state index contributed by atoms with van der Waals surface area (Å²) >= 11 is 0. The quantitative estimate of drug-likeness (QED) is 0.820. The van der Waals surface area contributed by atoms with Crippen molar-refractivity contribution in [1.82, 2.24) is 4.98 Å². The number of aromatic carboxylic acids is 1. The number of aromatic nitrogens is 1. The topological polar surface area (TPSA) is 56.7 Å². The van der Waals surface area contributed by atoms with E-state index in [2.05, 4.69) is 14.8 Å². The van der Waals surface area contributed by atoms with Crippen LogP contribution in [0.4, 0.5) is 11.6 Å². The molecule has 0 radical (unpaired) electrons. The minimum atomic E-state index is -0.913. The molecule has 5 heteroatoms. The van der Waals surface area contributed by atoms with Gasteiger partial charge in [-0.1, -0.05) is 0 Å². The molecule has 1 aromatic rings. The van der Waals surface area contributed by atoms with Crippen molar-refractivity contribution in [2.24, 2.45) is 0 Å². The maximum Gasteiger partial charge on any atom is 0.335 e. The van der Waals surface area contributed by atoms with Crippen molar-refractivity contribution in [1.29, 1.82) is 0 Å². The van der Waals surface area contributed by atoms with Crippen molar-refractivity contribution in [3.8, 4) is 0 Å². The molecule has 0 fully saturated rings. The molecule has 5 nitrogen and oxygen atoms in total. The SMILES string of the molecule is CCN(CC)c1cc(C(=O)O)cc(N(CC)CC)n1. The van der Waals surface area contributed by atoms with Gasteiger partial charge in [0.1, 0.15) is 11.6 Å². The van der Waals surface area contributed by atoms with Crippen LogP contribution in [0.1, 0.15) is 38.1 Å². The lowest BCUT2D eigenvalue weighted by atomic mass is 10.2. The number of hydrogen-bond acceptors (Lipinski definition) is 4. The van der Waals surface area contributed by atoms with Gasteiger partial charge >= 0.3 is 5.97 Å². The van der Waals surface area contributed by atoms with Crippen LogP contribution in [0, 0.1) is 0 Å². The molecule has 0 unspecified atom stereocenters. The largest absolute Gasteiger partial charge is 0.478 e. The van der Waals surface area contributed by atoms with Gasteiger partial charge in [0.25, 0.3) is 0 Å². The van der Waals surface area contributed by atoms with Gasteiger partial charge in [0.15, 0.2) is 0 Å². The highest BCUT2D eigenvalue weighted by Crippen LogP contribution is 2.21. The molecular weight excluding hydrogens is 242 g/mol. The number of pyridine rings is 1. The van der Waals surface area contributed by atoms with Crippen molar-refractivity contribution >= 4 is 17.6 Å². The van der Waals surface area contributed by atoms with E-state index in [9.17, 15) is 9.90 Å². The zero-order valence-corrected chi connectivity index (χ0v) is 12.2. The molecule has 1 aromatic heterocycles. The first-order valence-electron chi connectivity index (χ1n) is 6.82. The van der Waals surface area contributed by atoms with Crippen LogP contribution >= 0.6 is 0 Å². The minimum absolute atomic E-state index is 0.291. The Balaban J connectivity index is 3.28. The summed E-state index contributed by atoms with van der Waals surface area (Å²) in [4.78, 5) is 19.9. The number of carboxylic acids is 1. The lowest BCUT2D eigenvalue weighted by molar-refractivity contribution is 0.0697. The van der Waals surface area contributed by atoms with Crippen LogP contribution in [-0.2, 0) is 0 Å². The van der Waals surface area contributed by atoms with Crippen molar-refractivity contribution in [3.05, 3.63) is 17.7 Å². The predicted octanol–water partition coefficient (Wildman–Crippen LogP) is 2.47. The van der Waals surface area contributed by atoms with Gasteiger partial charge in [0.2, 0.25) is 0 Å². The summed E-state index contributed by atoms with van der Waals surface area (Å²) in [5.41, 5.74) is 0.291. The van der Waals surface area contributed by atoms with E-state index in [4.69, 9.17) is 0 Å². The highest BCUT2D eigenvalue weighted by atomic mass is 16.4. The molecule has 0 atom stereocenters. The lowest BCUT2D eigenvalue weighted by Crippen LogP contribution is -2.27. The molecule has 0 spiro atoms. The third kappa shape index (κ3) is 3.59. The fraction of sp³-hybridized carbons (Fsp3) is 0.571. The van der Waals surface area contributed by atoms with Gasteiger partial charge in [-0.25, -0.2) is 9.78 Å². The Morgan fingerprint density at radius 2 is 1.37 bits per heavy atom. The Labute approximate surface area is 114 Å². The van der Waals surface area contributed by atoms with Gasteiger partial charge in [0, 0.05) is 26.2 Å². The van der Waals surface area contributed by atoms with E-state index < -0.39 is 5.97 Å². The van der Waals surface area contributed by atoms with Gasteiger partial charge in [-0.15, -0.1) is 0 Å². The highest BCUT2D eigenvalue weighted by Gasteiger charge is 2.14. The fourth-order valence-corrected chi connectivity index (χ4v) is 2.04. The second kappa shape index (κ2) is 6.97. The number of carbonyl (C=O) groups is 1.